The number of aryl methyl sites for hydroxylation is 1. The first-order chi connectivity index (χ1) is 8.22. The highest BCUT2D eigenvalue weighted by molar-refractivity contribution is 9.10. The van der Waals surface area contributed by atoms with Gasteiger partial charge in [0.05, 0.1) is 6.04 Å². The molecule has 2 nitrogen and oxygen atoms in total. The lowest BCUT2D eigenvalue weighted by Gasteiger charge is -2.12. The number of furan rings is 1. The molecule has 17 heavy (non-hydrogen) atoms. The second-order valence-electron chi connectivity index (χ2n) is 3.91. The quantitative estimate of drug-likeness (QED) is 0.896. The predicted molar refractivity (Wildman–Crippen MR) is 75.6 cm³/mol. The van der Waals surface area contributed by atoms with Crippen molar-refractivity contribution in [1.29, 1.82) is 0 Å². The molecule has 1 N–H and O–H groups in total. The predicted octanol–water partition coefficient (Wildman–Crippen LogP) is 4.17. The maximum atomic E-state index is 5.60. The van der Waals surface area contributed by atoms with Crippen LogP contribution in [0.15, 0.2) is 33.4 Å². The summed E-state index contributed by atoms with van der Waals surface area (Å²) in [6.07, 6.45) is 2.09. The molecule has 0 spiro atoms. The highest BCUT2D eigenvalue weighted by atomic mass is 79.9. The van der Waals surface area contributed by atoms with Gasteiger partial charge in [0.2, 0.25) is 0 Å². The first-order valence-corrected chi connectivity index (χ1v) is 7.34. The van der Waals surface area contributed by atoms with E-state index in [0.717, 1.165) is 23.3 Å². The van der Waals surface area contributed by atoms with Crippen molar-refractivity contribution in [3.63, 3.8) is 0 Å². The molecule has 0 aliphatic heterocycles. The molecule has 2 aromatic heterocycles. The maximum Gasteiger partial charge on any atom is 0.169 e. The topological polar surface area (TPSA) is 25.2 Å². The van der Waals surface area contributed by atoms with Crippen molar-refractivity contribution in [2.75, 3.05) is 7.05 Å². The van der Waals surface area contributed by atoms with E-state index in [2.05, 4.69) is 40.3 Å². The second-order valence-corrected chi connectivity index (χ2v) is 5.94. The molecular weight excluding hydrogens is 298 g/mol. The summed E-state index contributed by atoms with van der Waals surface area (Å²) in [5.41, 5.74) is 0. The van der Waals surface area contributed by atoms with Crippen LogP contribution >= 0.6 is 27.3 Å². The molecule has 0 aromatic carbocycles. The molecule has 4 heteroatoms. The summed E-state index contributed by atoms with van der Waals surface area (Å²) in [4.78, 5) is 2.84. The molecule has 2 aromatic rings. The Morgan fingerprint density at radius 3 is 2.59 bits per heavy atom. The minimum absolute atomic E-state index is 0.240. The van der Waals surface area contributed by atoms with E-state index < -0.39 is 0 Å². The zero-order valence-electron chi connectivity index (χ0n) is 10.00. The molecular formula is C13H16BrNOS. The molecule has 0 aliphatic carbocycles. The summed E-state index contributed by atoms with van der Waals surface area (Å²) in [6.45, 7) is 2.19. The Kier molecular flexibility index (Phi) is 4.42. The van der Waals surface area contributed by atoms with Gasteiger partial charge in [0.1, 0.15) is 5.76 Å². The standard InChI is InChI=1S/C13H16BrNOS/c1-3-9-4-5-10(17-9)8-11(15-2)12-6-7-13(14)16-12/h4-7,11,15H,3,8H2,1-2H3. The van der Waals surface area contributed by atoms with Crippen molar-refractivity contribution in [2.24, 2.45) is 0 Å². The lowest BCUT2D eigenvalue weighted by Crippen LogP contribution is -2.17. The normalized spacial score (nSPS) is 12.9. The van der Waals surface area contributed by atoms with E-state index in [1.807, 2.05) is 30.5 Å². The van der Waals surface area contributed by atoms with Crippen molar-refractivity contribution < 1.29 is 4.42 Å². The summed E-state index contributed by atoms with van der Waals surface area (Å²) in [7, 11) is 1.97. The highest BCUT2D eigenvalue weighted by Gasteiger charge is 2.15. The van der Waals surface area contributed by atoms with Crippen molar-refractivity contribution >= 4 is 27.3 Å². The number of hydrogen-bond donors (Lipinski definition) is 1. The minimum atomic E-state index is 0.240. The van der Waals surface area contributed by atoms with Crippen LogP contribution in [0.2, 0.25) is 0 Å². The molecule has 0 fully saturated rings. The van der Waals surface area contributed by atoms with Gasteiger partial charge in [-0.3, -0.25) is 0 Å². The fourth-order valence-corrected chi connectivity index (χ4v) is 3.11. The van der Waals surface area contributed by atoms with Crippen LogP contribution < -0.4 is 5.32 Å². The number of nitrogens with one attached hydrogen (secondary N) is 1. The Bertz CT molecular complexity index is 477. The van der Waals surface area contributed by atoms with Crippen LogP contribution in [-0.2, 0) is 12.8 Å². The number of hydrogen-bond acceptors (Lipinski definition) is 3. The van der Waals surface area contributed by atoms with Gasteiger partial charge in [-0.15, -0.1) is 11.3 Å². The Labute approximate surface area is 114 Å². The minimum Gasteiger partial charge on any atom is -0.453 e. The van der Waals surface area contributed by atoms with Crippen LogP contribution in [-0.4, -0.2) is 7.05 Å². The van der Waals surface area contributed by atoms with Crippen LogP contribution in [0.3, 0.4) is 0 Å². The second kappa shape index (κ2) is 5.85. The van der Waals surface area contributed by atoms with E-state index in [1.165, 1.54) is 9.75 Å². The van der Waals surface area contributed by atoms with Crippen molar-refractivity contribution in [3.05, 3.63) is 44.4 Å². The Morgan fingerprint density at radius 2 is 2.06 bits per heavy atom. The lowest BCUT2D eigenvalue weighted by molar-refractivity contribution is 0.418. The molecule has 0 bridgehead atoms. The molecule has 0 saturated heterocycles. The average Bonchev–Trinajstić information content (AvgIpc) is 2.94. The summed E-state index contributed by atoms with van der Waals surface area (Å²) >= 11 is 5.22. The molecule has 0 aliphatic rings. The highest BCUT2D eigenvalue weighted by Crippen LogP contribution is 2.26. The lowest BCUT2D eigenvalue weighted by atomic mass is 10.1. The third kappa shape index (κ3) is 3.21. The van der Waals surface area contributed by atoms with Gasteiger partial charge in [0, 0.05) is 16.2 Å². The summed E-state index contributed by atoms with van der Waals surface area (Å²) in [5.74, 6) is 0.978. The Balaban J connectivity index is 2.09. The van der Waals surface area contributed by atoms with Crippen LogP contribution in [0.5, 0.6) is 0 Å². The van der Waals surface area contributed by atoms with E-state index in [-0.39, 0.29) is 6.04 Å². The van der Waals surface area contributed by atoms with Crippen LogP contribution in [0.1, 0.15) is 28.5 Å². The van der Waals surface area contributed by atoms with Crippen molar-refractivity contribution in [3.8, 4) is 0 Å². The van der Waals surface area contributed by atoms with Crippen LogP contribution in [0.4, 0.5) is 0 Å². The smallest absolute Gasteiger partial charge is 0.169 e. The molecule has 2 rings (SSSR count). The van der Waals surface area contributed by atoms with E-state index >= 15 is 0 Å². The molecule has 0 radical (unpaired) electrons. The fraction of sp³-hybridized carbons (Fsp3) is 0.385. The molecule has 0 saturated carbocycles. The van der Waals surface area contributed by atoms with E-state index in [9.17, 15) is 0 Å². The molecule has 0 amide bonds. The van der Waals surface area contributed by atoms with E-state index in [1.54, 1.807) is 0 Å². The first kappa shape index (κ1) is 12.9. The largest absolute Gasteiger partial charge is 0.453 e. The van der Waals surface area contributed by atoms with Gasteiger partial charge < -0.3 is 9.73 Å². The van der Waals surface area contributed by atoms with Gasteiger partial charge in [-0.2, -0.15) is 0 Å². The van der Waals surface area contributed by atoms with Gasteiger partial charge in [0.15, 0.2) is 4.67 Å². The zero-order chi connectivity index (χ0) is 12.3. The number of thiophene rings is 1. The maximum absolute atomic E-state index is 5.60. The number of halogens is 1. The summed E-state index contributed by atoms with van der Waals surface area (Å²) < 4.78 is 6.39. The molecule has 1 unspecified atom stereocenters. The van der Waals surface area contributed by atoms with Gasteiger partial charge in [-0.1, -0.05) is 6.92 Å². The van der Waals surface area contributed by atoms with Gasteiger partial charge in [-0.25, -0.2) is 0 Å². The Hall–Kier alpha value is -0.580. The van der Waals surface area contributed by atoms with Gasteiger partial charge >= 0.3 is 0 Å². The zero-order valence-corrected chi connectivity index (χ0v) is 12.4. The summed E-state index contributed by atoms with van der Waals surface area (Å²) in [5, 5.41) is 3.30. The summed E-state index contributed by atoms with van der Waals surface area (Å²) in [6, 6.07) is 8.62. The Morgan fingerprint density at radius 1 is 1.29 bits per heavy atom. The van der Waals surface area contributed by atoms with Crippen LogP contribution in [0.25, 0.3) is 0 Å². The number of rotatable bonds is 5. The third-order valence-corrected chi connectivity index (χ3v) is 4.44. The fourth-order valence-electron chi connectivity index (χ4n) is 1.78. The van der Waals surface area contributed by atoms with Crippen molar-refractivity contribution in [2.45, 2.75) is 25.8 Å². The average molecular weight is 314 g/mol. The first-order valence-electron chi connectivity index (χ1n) is 5.73. The van der Waals surface area contributed by atoms with Crippen molar-refractivity contribution in [1.82, 2.24) is 5.32 Å². The number of likely N-dealkylation sites (N-methyl/N-ethyl adjacent to an activating group) is 1. The molecule has 1 atom stereocenters. The van der Waals surface area contributed by atoms with Crippen LogP contribution in [0, 0.1) is 0 Å². The van der Waals surface area contributed by atoms with E-state index in [4.69, 9.17) is 4.42 Å². The molecule has 92 valence electrons. The third-order valence-electron chi connectivity index (χ3n) is 2.76. The van der Waals surface area contributed by atoms with Gasteiger partial charge in [0.25, 0.3) is 0 Å². The monoisotopic (exact) mass is 313 g/mol. The SMILES string of the molecule is CCc1ccc(CC(NC)c2ccc(Br)o2)s1. The van der Waals surface area contributed by atoms with E-state index in [0.29, 0.717) is 0 Å². The van der Waals surface area contributed by atoms with Gasteiger partial charge in [-0.05, 0) is 53.7 Å². The molecule has 2 heterocycles.